The van der Waals surface area contributed by atoms with Crippen LogP contribution in [0.25, 0.3) is 5.69 Å². The number of amides is 2. The van der Waals surface area contributed by atoms with Gasteiger partial charge in [-0.15, -0.1) is 0 Å². The van der Waals surface area contributed by atoms with Crippen LogP contribution in [0.4, 0.5) is 4.79 Å². The molecule has 1 aliphatic heterocycles. The first-order valence-electron chi connectivity index (χ1n) is 12.7. The van der Waals surface area contributed by atoms with Crippen molar-refractivity contribution >= 4 is 29.5 Å². The second kappa shape index (κ2) is 13.5. The van der Waals surface area contributed by atoms with Crippen molar-refractivity contribution in [1.29, 1.82) is 0 Å². The van der Waals surface area contributed by atoms with Gasteiger partial charge in [0.1, 0.15) is 6.04 Å². The standard InChI is InChI=1S/C26H33N5O8/c1-4-38-26(37)30-13-12-27-15-21(30)24(35)19(10-11-23(33)34)28-25(36)20-14-22(39-17(3)16(2)32)31(29-20)18-8-6-5-7-9-18/h5-9,14,17,19,21,27H,4,10-13,15H2,1-3H3,(H,28,36)(H,33,34)/t17-,19?,21?/m0/s1. The number of aromatic nitrogens is 2. The highest BCUT2D eigenvalue weighted by Gasteiger charge is 2.37. The Hall–Kier alpha value is -4.26. The van der Waals surface area contributed by atoms with Crippen molar-refractivity contribution in [2.45, 2.75) is 51.8 Å². The van der Waals surface area contributed by atoms with E-state index in [2.05, 4.69) is 15.7 Å². The van der Waals surface area contributed by atoms with Crippen molar-refractivity contribution in [2.24, 2.45) is 0 Å². The Bertz CT molecular complexity index is 1200. The monoisotopic (exact) mass is 543 g/mol. The van der Waals surface area contributed by atoms with Crippen LogP contribution in [-0.2, 0) is 19.1 Å². The van der Waals surface area contributed by atoms with Crippen molar-refractivity contribution in [2.75, 3.05) is 26.2 Å². The molecule has 0 spiro atoms. The molecule has 2 amide bonds. The summed E-state index contributed by atoms with van der Waals surface area (Å²) in [5.41, 5.74) is 0.459. The number of benzene rings is 1. The SMILES string of the molecule is CCOC(=O)N1CCNCC1C(=O)C(CCC(=O)O)NC(=O)c1cc(O[C@@H](C)C(C)=O)n(-c2ccccc2)n1. The molecule has 39 heavy (non-hydrogen) atoms. The number of ketones is 2. The molecule has 2 unspecified atom stereocenters. The molecule has 0 bridgehead atoms. The van der Waals surface area contributed by atoms with Crippen LogP contribution in [0, 0.1) is 0 Å². The van der Waals surface area contributed by atoms with Crippen LogP contribution in [0.3, 0.4) is 0 Å². The molecule has 13 nitrogen and oxygen atoms in total. The maximum Gasteiger partial charge on any atom is 0.410 e. The number of hydrogen-bond donors (Lipinski definition) is 3. The van der Waals surface area contributed by atoms with Crippen LogP contribution in [0.5, 0.6) is 5.88 Å². The quantitative estimate of drug-likeness (QED) is 0.353. The molecule has 0 aliphatic carbocycles. The summed E-state index contributed by atoms with van der Waals surface area (Å²) in [6, 6.07) is 7.96. The van der Waals surface area contributed by atoms with E-state index in [-0.39, 0.29) is 49.9 Å². The molecule has 1 fully saturated rings. The number of rotatable bonds is 12. The van der Waals surface area contributed by atoms with Crippen molar-refractivity contribution in [3.05, 3.63) is 42.1 Å². The van der Waals surface area contributed by atoms with Crippen LogP contribution >= 0.6 is 0 Å². The predicted octanol–water partition coefficient (Wildman–Crippen LogP) is 1.19. The summed E-state index contributed by atoms with van der Waals surface area (Å²) < 4.78 is 12.2. The number of hydrogen-bond acceptors (Lipinski definition) is 9. The first-order chi connectivity index (χ1) is 18.6. The Balaban J connectivity index is 1.89. The lowest BCUT2D eigenvalue weighted by molar-refractivity contribution is -0.137. The van der Waals surface area contributed by atoms with Gasteiger partial charge in [-0.2, -0.15) is 5.10 Å². The summed E-state index contributed by atoms with van der Waals surface area (Å²) >= 11 is 0. The van der Waals surface area contributed by atoms with E-state index in [9.17, 15) is 29.1 Å². The first kappa shape index (κ1) is 29.3. The number of carboxylic acids is 1. The molecule has 1 aliphatic rings. The van der Waals surface area contributed by atoms with Gasteiger partial charge in [-0.05, 0) is 39.3 Å². The fourth-order valence-corrected chi connectivity index (χ4v) is 3.98. The van der Waals surface area contributed by atoms with Gasteiger partial charge in [0.25, 0.3) is 5.91 Å². The molecule has 3 atom stereocenters. The van der Waals surface area contributed by atoms with Crippen molar-refractivity contribution in [1.82, 2.24) is 25.3 Å². The number of carbonyl (C=O) groups is 5. The Labute approximate surface area is 225 Å². The molecule has 1 saturated heterocycles. The highest BCUT2D eigenvalue weighted by molar-refractivity contribution is 5.99. The third kappa shape index (κ3) is 7.63. The fourth-order valence-electron chi connectivity index (χ4n) is 3.98. The summed E-state index contributed by atoms with van der Waals surface area (Å²) in [5, 5.41) is 19.2. The molecule has 0 saturated carbocycles. The van der Waals surface area contributed by atoms with Gasteiger partial charge in [-0.3, -0.25) is 24.1 Å². The molecule has 1 aromatic heterocycles. The Kier molecular flexibility index (Phi) is 10.1. The normalized spacial score (nSPS) is 16.6. The highest BCUT2D eigenvalue weighted by Crippen LogP contribution is 2.21. The number of Topliss-reactive ketones (excluding diaryl/α,β-unsaturated/α-hetero) is 2. The van der Waals surface area contributed by atoms with E-state index >= 15 is 0 Å². The van der Waals surface area contributed by atoms with Gasteiger partial charge >= 0.3 is 12.1 Å². The van der Waals surface area contributed by atoms with Crippen molar-refractivity contribution < 1.29 is 38.6 Å². The van der Waals surface area contributed by atoms with Crippen LogP contribution in [-0.4, -0.2) is 93.8 Å². The second-order valence-electron chi connectivity index (χ2n) is 8.96. The number of carboxylic acid groups (broad SMARTS) is 1. The molecular formula is C26H33N5O8. The maximum absolute atomic E-state index is 13.5. The molecule has 210 valence electrons. The van der Waals surface area contributed by atoms with E-state index in [1.54, 1.807) is 44.2 Å². The van der Waals surface area contributed by atoms with E-state index in [0.29, 0.717) is 12.2 Å². The summed E-state index contributed by atoms with van der Waals surface area (Å²) in [4.78, 5) is 63.6. The lowest BCUT2D eigenvalue weighted by atomic mass is 9.98. The van der Waals surface area contributed by atoms with Gasteiger partial charge in [0.15, 0.2) is 23.4 Å². The Morgan fingerprint density at radius 3 is 2.56 bits per heavy atom. The minimum Gasteiger partial charge on any atom is -0.481 e. The molecule has 1 aromatic carbocycles. The molecule has 3 rings (SSSR count). The van der Waals surface area contributed by atoms with Gasteiger partial charge in [0.05, 0.1) is 18.3 Å². The molecule has 2 heterocycles. The zero-order chi connectivity index (χ0) is 28.5. The second-order valence-corrected chi connectivity index (χ2v) is 8.96. The summed E-state index contributed by atoms with van der Waals surface area (Å²) in [7, 11) is 0. The number of aliphatic carboxylic acids is 1. The number of para-hydroxylation sites is 1. The molecule has 3 N–H and O–H groups in total. The van der Waals surface area contributed by atoms with Crippen molar-refractivity contribution in [3.8, 4) is 11.6 Å². The molecule has 13 heteroatoms. The van der Waals surface area contributed by atoms with E-state index in [4.69, 9.17) is 9.47 Å². The number of carbonyl (C=O) groups excluding carboxylic acids is 4. The van der Waals surface area contributed by atoms with Crippen LogP contribution in [0.2, 0.25) is 0 Å². The lowest BCUT2D eigenvalue weighted by Crippen LogP contribution is -2.61. The molecule has 0 radical (unpaired) electrons. The van der Waals surface area contributed by atoms with E-state index in [1.807, 2.05) is 0 Å². The lowest BCUT2D eigenvalue weighted by Gasteiger charge is -2.36. The van der Waals surface area contributed by atoms with Crippen LogP contribution in [0.15, 0.2) is 36.4 Å². The third-order valence-electron chi connectivity index (χ3n) is 6.15. The fraction of sp³-hybridized carbons (Fsp3) is 0.462. The average Bonchev–Trinajstić information content (AvgIpc) is 3.34. The van der Waals surface area contributed by atoms with Gasteiger partial charge in [0.2, 0.25) is 5.88 Å². The summed E-state index contributed by atoms with van der Waals surface area (Å²) in [5.74, 6) is -2.52. The van der Waals surface area contributed by atoms with Crippen LogP contribution < -0.4 is 15.4 Å². The Morgan fingerprint density at radius 1 is 1.21 bits per heavy atom. The predicted molar refractivity (Wildman–Crippen MR) is 138 cm³/mol. The number of ether oxygens (including phenoxy) is 2. The average molecular weight is 544 g/mol. The highest BCUT2D eigenvalue weighted by atomic mass is 16.6. The molecular weight excluding hydrogens is 510 g/mol. The number of piperazine rings is 1. The smallest absolute Gasteiger partial charge is 0.410 e. The third-order valence-corrected chi connectivity index (χ3v) is 6.15. The van der Waals surface area contributed by atoms with Gasteiger partial charge < -0.3 is 25.2 Å². The van der Waals surface area contributed by atoms with E-state index < -0.39 is 41.9 Å². The zero-order valence-electron chi connectivity index (χ0n) is 22.1. The minimum atomic E-state index is -1.22. The first-order valence-corrected chi connectivity index (χ1v) is 12.7. The van der Waals surface area contributed by atoms with Gasteiger partial charge in [-0.25, -0.2) is 9.48 Å². The van der Waals surface area contributed by atoms with Crippen molar-refractivity contribution in [3.63, 3.8) is 0 Å². The maximum atomic E-state index is 13.5. The summed E-state index contributed by atoms with van der Waals surface area (Å²) in [6.45, 7) is 5.51. The largest absolute Gasteiger partial charge is 0.481 e. The zero-order valence-corrected chi connectivity index (χ0v) is 22.1. The Morgan fingerprint density at radius 2 is 1.92 bits per heavy atom. The number of nitrogens with zero attached hydrogens (tertiary/aromatic N) is 3. The van der Waals surface area contributed by atoms with E-state index in [1.165, 1.54) is 22.6 Å². The molecule has 2 aromatic rings. The van der Waals surface area contributed by atoms with Gasteiger partial charge in [0, 0.05) is 32.1 Å². The summed E-state index contributed by atoms with van der Waals surface area (Å²) in [6.07, 6.45) is -2.06. The topological polar surface area (TPSA) is 169 Å². The number of nitrogens with one attached hydrogen (secondary N) is 2. The van der Waals surface area contributed by atoms with Crippen LogP contribution in [0.1, 0.15) is 44.1 Å². The van der Waals surface area contributed by atoms with Gasteiger partial charge in [-0.1, -0.05) is 18.2 Å². The van der Waals surface area contributed by atoms with E-state index in [0.717, 1.165) is 0 Å². The minimum absolute atomic E-state index is 0.109.